The van der Waals surface area contributed by atoms with Crippen molar-refractivity contribution in [2.45, 2.75) is 33.2 Å². The number of para-hydroxylation sites is 1. The molecule has 1 aliphatic rings. The summed E-state index contributed by atoms with van der Waals surface area (Å²) in [5, 5.41) is 11.5. The van der Waals surface area contributed by atoms with Crippen molar-refractivity contribution in [1.82, 2.24) is 20.4 Å². The van der Waals surface area contributed by atoms with E-state index in [2.05, 4.69) is 49.6 Å². The standard InChI is InChI=1S/C24H28N4O/c1-16-9-10-20(17(2)13-16)23-21(15-28(27-23)19-7-5-4-6-8-19)24(29)26-22-11-12-25-14-18(22)3/h4-10,13,15,18,22,25H,11-12,14H2,1-3H3,(H,26,29). The molecule has 1 amide bonds. The van der Waals surface area contributed by atoms with Crippen LogP contribution in [0.5, 0.6) is 0 Å². The first-order chi connectivity index (χ1) is 14.0. The summed E-state index contributed by atoms with van der Waals surface area (Å²) in [4.78, 5) is 13.3. The van der Waals surface area contributed by atoms with Crippen LogP contribution in [0.3, 0.4) is 0 Å². The molecule has 0 bridgehead atoms. The molecule has 1 saturated heterocycles. The normalized spacial score (nSPS) is 19.1. The molecule has 2 atom stereocenters. The lowest BCUT2D eigenvalue weighted by molar-refractivity contribution is 0.0915. The fraction of sp³-hybridized carbons (Fsp3) is 0.333. The highest BCUT2D eigenvalue weighted by atomic mass is 16.1. The smallest absolute Gasteiger partial charge is 0.255 e. The van der Waals surface area contributed by atoms with Gasteiger partial charge in [-0.05, 0) is 57.0 Å². The van der Waals surface area contributed by atoms with Crippen molar-refractivity contribution in [1.29, 1.82) is 0 Å². The van der Waals surface area contributed by atoms with Gasteiger partial charge in [-0.1, -0.05) is 48.9 Å². The number of carbonyl (C=O) groups is 1. The van der Waals surface area contributed by atoms with Crippen LogP contribution in [-0.2, 0) is 0 Å². The second-order valence-electron chi connectivity index (χ2n) is 8.04. The van der Waals surface area contributed by atoms with Gasteiger partial charge in [-0.15, -0.1) is 0 Å². The number of nitrogens with one attached hydrogen (secondary N) is 2. The summed E-state index contributed by atoms with van der Waals surface area (Å²) in [7, 11) is 0. The summed E-state index contributed by atoms with van der Waals surface area (Å²) in [6, 6.07) is 16.4. The van der Waals surface area contributed by atoms with Gasteiger partial charge in [0.25, 0.3) is 5.91 Å². The van der Waals surface area contributed by atoms with E-state index >= 15 is 0 Å². The number of nitrogens with zero attached hydrogens (tertiary/aromatic N) is 2. The summed E-state index contributed by atoms with van der Waals surface area (Å²) in [5.41, 5.74) is 5.59. The fourth-order valence-corrected chi connectivity index (χ4v) is 4.01. The first-order valence-corrected chi connectivity index (χ1v) is 10.3. The summed E-state index contributed by atoms with van der Waals surface area (Å²) in [6.07, 6.45) is 2.80. The molecule has 2 unspecified atom stereocenters. The van der Waals surface area contributed by atoms with Crippen molar-refractivity contribution < 1.29 is 4.79 Å². The van der Waals surface area contributed by atoms with Gasteiger partial charge < -0.3 is 10.6 Å². The highest BCUT2D eigenvalue weighted by molar-refractivity contribution is 6.00. The number of hydrogen-bond acceptors (Lipinski definition) is 3. The first-order valence-electron chi connectivity index (χ1n) is 10.3. The van der Waals surface area contributed by atoms with E-state index in [1.165, 1.54) is 5.56 Å². The van der Waals surface area contributed by atoms with Gasteiger partial charge in [-0.3, -0.25) is 4.79 Å². The molecule has 29 heavy (non-hydrogen) atoms. The van der Waals surface area contributed by atoms with Crippen molar-refractivity contribution in [3.8, 4) is 16.9 Å². The van der Waals surface area contributed by atoms with Gasteiger partial charge in [-0.25, -0.2) is 4.68 Å². The second kappa shape index (κ2) is 8.21. The average molecular weight is 389 g/mol. The predicted octanol–water partition coefficient (Wildman–Crippen LogP) is 3.88. The number of benzene rings is 2. The van der Waals surface area contributed by atoms with Crippen molar-refractivity contribution in [3.05, 3.63) is 71.4 Å². The Balaban J connectivity index is 1.74. The van der Waals surface area contributed by atoms with E-state index in [-0.39, 0.29) is 11.9 Å². The van der Waals surface area contributed by atoms with Crippen LogP contribution in [0.15, 0.2) is 54.7 Å². The lowest BCUT2D eigenvalue weighted by Gasteiger charge is -2.30. The topological polar surface area (TPSA) is 59.0 Å². The molecule has 150 valence electrons. The van der Waals surface area contributed by atoms with E-state index in [0.29, 0.717) is 11.5 Å². The molecule has 5 nitrogen and oxygen atoms in total. The zero-order valence-corrected chi connectivity index (χ0v) is 17.3. The van der Waals surface area contributed by atoms with Crippen molar-refractivity contribution in [3.63, 3.8) is 0 Å². The van der Waals surface area contributed by atoms with E-state index in [0.717, 1.165) is 42.0 Å². The maximum atomic E-state index is 13.3. The molecular formula is C24H28N4O. The van der Waals surface area contributed by atoms with E-state index in [4.69, 9.17) is 5.10 Å². The van der Waals surface area contributed by atoms with Crippen LogP contribution >= 0.6 is 0 Å². The predicted molar refractivity (Wildman–Crippen MR) is 116 cm³/mol. The van der Waals surface area contributed by atoms with Crippen LogP contribution in [0.4, 0.5) is 0 Å². The maximum absolute atomic E-state index is 13.3. The number of aryl methyl sites for hydroxylation is 2. The number of rotatable bonds is 4. The van der Waals surface area contributed by atoms with Crippen molar-refractivity contribution in [2.24, 2.45) is 5.92 Å². The van der Waals surface area contributed by atoms with Crippen LogP contribution in [0.1, 0.15) is 34.8 Å². The van der Waals surface area contributed by atoms with Gasteiger partial charge in [0.1, 0.15) is 5.69 Å². The number of hydrogen-bond donors (Lipinski definition) is 2. The highest BCUT2D eigenvalue weighted by Crippen LogP contribution is 2.28. The third-order valence-electron chi connectivity index (χ3n) is 5.72. The average Bonchev–Trinajstić information content (AvgIpc) is 3.16. The zero-order valence-electron chi connectivity index (χ0n) is 17.3. The first kappa shape index (κ1) is 19.4. The number of amides is 1. The molecule has 3 aromatic rings. The van der Waals surface area contributed by atoms with Crippen LogP contribution in [0.25, 0.3) is 16.9 Å². The quantitative estimate of drug-likeness (QED) is 0.713. The molecule has 0 spiro atoms. The van der Waals surface area contributed by atoms with Crippen molar-refractivity contribution in [2.75, 3.05) is 13.1 Å². The van der Waals surface area contributed by atoms with Crippen LogP contribution in [0.2, 0.25) is 0 Å². The van der Waals surface area contributed by atoms with E-state index in [1.807, 2.05) is 36.5 Å². The summed E-state index contributed by atoms with van der Waals surface area (Å²) >= 11 is 0. The minimum atomic E-state index is -0.0547. The van der Waals surface area contributed by atoms with Gasteiger partial charge >= 0.3 is 0 Å². The molecule has 4 rings (SSSR count). The molecule has 1 aromatic heterocycles. The zero-order chi connectivity index (χ0) is 20.4. The summed E-state index contributed by atoms with van der Waals surface area (Å²) < 4.78 is 1.80. The molecule has 2 aromatic carbocycles. The third-order valence-corrected chi connectivity index (χ3v) is 5.72. The molecule has 5 heteroatoms. The molecular weight excluding hydrogens is 360 g/mol. The molecule has 2 N–H and O–H groups in total. The molecule has 1 fully saturated rings. The fourth-order valence-electron chi connectivity index (χ4n) is 4.01. The SMILES string of the molecule is Cc1ccc(-c2nn(-c3ccccc3)cc2C(=O)NC2CCNCC2C)c(C)c1. The van der Waals surface area contributed by atoms with Crippen molar-refractivity contribution >= 4 is 5.91 Å². The largest absolute Gasteiger partial charge is 0.349 e. The maximum Gasteiger partial charge on any atom is 0.255 e. The molecule has 2 heterocycles. The van der Waals surface area contributed by atoms with E-state index in [9.17, 15) is 4.79 Å². The Morgan fingerprint density at radius 2 is 1.97 bits per heavy atom. The van der Waals surface area contributed by atoms with Gasteiger partial charge in [0.15, 0.2) is 0 Å². The van der Waals surface area contributed by atoms with Crippen LogP contribution in [0, 0.1) is 19.8 Å². The van der Waals surface area contributed by atoms with Gasteiger partial charge in [0.2, 0.25) is 0 Å². The Kier molecular flexibility index (Phi) is 5.49. The summed E-state index contributed by atoms with van der Waals surface area (Å²) in [6.45, 7) is 8.18. The monoisotopic (exact) mass is 388 g/mol. The number of carbonyl (C=O) groups excluding carboxylic acids is 1. The second-order valence-corrected chi connectivity index (χ2v) is 8.04. The number of piperidine rings is 1. The minimum Gasteiger partial charge on any atom is -0.349 e. The molecule has 1 aliphatic heterocycles. The molecule has 0 aliphatic carbocycles. The Labute approximate surface area is 172 Å². The Morgan fingerprint density at radius 3 is 2.69 bits per heavy atom. The number of aromatic nitrogens is 2. The van der Waals surface area contributed by atoms with Gasteiger partial charge in [0, 0.05) is 17.8 Å². The third kappa shape index (κ3) is 4.10. The van der Waals surface area contributed by atoms with Gasteiger partial charge in [-0.2, -0.15) is 5.10 Å². The Bertz CT molecular complexity index is 1010. The minimum absolute atomic E-state index is 0.0547. The Morgan fingerprint density at radius 1 is 1.17 bits per heavy atom. The lowest BCUT2D eigenvalue weighted by atomic mass is 9.94. The molecule has 0 saturated carbocycles. The van der Waals surface area contributed by atoms with Gasteiger partial charge in [0.05, 0.1) is 11.3 Å². The Hall–Kier alpha value is -2.92. The van der Waals surface area contributed by atoms with E-state index < -0.39 is 0 Å². The summed E-state index contributed by atoms with van der Waals surface area (Å²) in [5.74, 6) is 0.349. The highest BCUT2D eigenvalue weighted by Gasteiger charge is 2.26. The van der Waals surface area contributed by atoms with E-state index in [1.54, 1.807) is 4.68 Å². The molecule has 0 radical (unpaired) electrons. The van der Waals surface area contributed by atoms with Crippen LogP contribution in [-0.4, -0.2) is 34.8 Å². The van der Waals surface area contributed by atoms with Crippen LogP contribution < -0.4 is 10.6 Å². The lowest BCUT2D eigenvalue weighted by Crippen LogP contribution is -2.48.